The molecule has 0 spiro atoms. The van der Waals surface area contributed by atoms with E-state index in [1.807, 2.05) is 0 Å². The maximum Gasteiger partial charge on any atom is 0.269 e. The van der Waals surface area contributed by atoms with Gasteiger partial charge in [0.25, 0.3) is 5.69 Å². The predicted octanol–water partition coefficient (Wildman–Crippen LogP) is 0.920. The van der Waals surface area contributed by atoms with Crippen LogP contribution in [0.3, 0.4) is 0 Å². The average Bonchev–Trinajstić information content (AvgIpc) is 2.82. The molecule has 0 unspecified atom stereocenters. The van der Waals surface area contributed by atoms with Gasteiger partial charge in [-0.05, 0) is 17.7 Å². The normalized spacial score (nSPS) is 12.3. The van der Waals surface area contributed by atoms with E-state index in [1.54, 1.807) is 0 Å². The fraction of sp³-hybridized carbons (Fsp3) is 0.200. The first kappa shape index (κ1) is 11.2. The lowest BCUT2D eigenvalue weighted by atomic mass is 10.1. The number of rotatable bonds is 4. The van der Waals surface area contributed by atoms with Crippen LogP contribution in [0.5, 0.6) is 0 Å². The summed E-state index contributed by atoms with van der Waals surface area (Å²) in [6.07, 6.45) is 2.11. The van der Waals surface area contributed by atoms with Gasteiger partial charge in [0.15, 0.2) is 0 Å². The fourth-order valence-corrected chi connectivity index (χ4v) is 1.43. The van der Waals surface area contributed by atoms with Crippen molar-refractivity contribution >= 4 is 5.69 Å². The first-order valence-corrected chi connectivity index (χ1v) is 4.91. The average molecular weight is 234 g/mol. The number of nitro benzene ring substituents is 1. The van der Waals surface area contributed by atoms with Crippen molar-refractivity contribution in [2.24, 2.45) is 0 Å². The fourth-order valence-electron chi connectivity index (χ4n) is 1.43. The molecule has 1 aromatic carbocycles. The van der Waals surface area contributed by atoms with Crippen molar-refractivity contribution in [2.45, 2.75) is 12.6 Å². The highest BCUT2D eigenvalue weighted by atomic mass is 16.6. The quantitative estimate of drug-likeness (QED) is 0.627. The third-order valence-corrected chi connectivity index (χ3v) is 2.32. The summed E-state index contributed by atoms with van der Waals surface area (Å²) in [5, 5.41) is 24.2. The maximum atomic E-state index is 10.5. The number of non-ortho nitro benzene ring substituents is 1. The first-order chi connectivity index (χ1) is 8.16. The number of aromatic nitrogens is 3. The number of aliphatic hydroxyl groups is 1. The third-order valence-electron chi connectivity index (χ3n) is 2.32. The summed E-state index contributed by atoms with van der Waals surface area (Å²) in [5.74, 6) is 0. The Morgan fingerprint density at radius 3 is 2.65 bits per heavy atom. The van der Waals surface area contributed by atoms with Crippen LogP contribution in [0.25, 0.3) is 0 Å². The van der Waals surface area contributed by atoms with Crippen molar-refractivity contribution in [1.82, 2.24) is 14.8 Å². The molecule has 0 fully saturated rings. The van der Waals surface area contributed by atoms with Gasteiger partial charge >= 0.3 is 0 Å². The predicted molar refractivity (Wildman–Crippen MR) is 58.1 cm³/mol. The van der Waals surface area contributed by atoms with Gasteiger partial charge in [-0.3, -0.25) is 14.8 Å². The van der Waals surface area contributed by atoms with Crippen molar-refractivity contribution in [1.29, 1.82) is 0 Å². The highest BCUT2D eigenvalue weighted by Gasteiger charge is 2.11. The van der Waals surface area contributed by atoms with Gasteiger partial charge in [-0.1, -0.05) is 0 Å². The van der Waals surface area contributed by atoms with Gasteiger partial charge in [-0.25, -0.2) is 4.98 Å². The molecule has 0 aliphatic heterocycles. The molecule has 0 aliphatic rings. The van der Waals surface area contributed by atoms with Gasteiger partial charge in [-0.2, -0.15) is 5.10 Å². The molecule has 2 aromatic rings. The van der Waals surface area contributed by atoms with Crippen LogP contribution in [-0.4, -0.2) is 24.8 Å². The van der Waals surface area contributed by atoms with Gasteiger partial charge in [0.2, 0.25) is 0 Å². The van der Waals surface area contributed by atoms with Gasteiger partial charge in [-0.15, -0.1) is 0 Å². The van der Waals surface area contributed by atoms with E-state index < -0.39 is 11.0 Å². The van der Waals surface area contributed by atoms with Gasteiger partial charge in [0, 0.05) is 12.1 Å². The van der Waals surface area contributed by atoms with Gasteiger partial charge in [0.1, 0.15) is 12.7 Å². The van der Waals surface area contributed by atoms with Crippen LogP contribution in [0.4, 0.5) is 5.69 Å². The Bertz CT molecular complexity index is 495. The lowest BCUT2D eigenvalue weighted by molar-refractivity contribution is -0.384. The van der Waals surface area contributed by atoms with Crippen LogP contribution in [-0.2, 0) is 6.54 Å². The number of nitrogens with zero attached hydrogens (tertiary/aromatic N) is 4. The van der Waals surface area contributed by atoms with Crippen LogP contribution in [0, 0.1) is 10.1 Å². The lowest BCUT2D eigenvalue weighted by Crippen LogP contribution is -2.09. The maximum absolute atomic E-state index is 10.5. The van der Waals surface area contributed by atoms with E-state index >= 15 is 0 Å². The second-order valence-corrected chi connectivity index (χ2v) is 3.48. The van der Waals surface area contributed by atoms with Gasteiger partial charge < -0.3 is 5.11 Å². The smallest absolute Gasteiger partial charge is 0.269 e. The topological polar surface area (TPSA) is 94.1 Å². The molecule has 88 valence electrons. The van der Waals surface area contributed by atoms with Gasteiger partial charge in [0.05, 0.1) is 17.6 Å². The van der Waals surface area contributed by atoms with Crippen molar-refractivity contribution in [3.05, 3.63) is 52.6 Å². The number of nitro groups is 1. The van der Waals surface area contributed by atoms with Crippen LogP contribution in [0.2, 0.25) is 0 Å². The lowest BCUT2D eigenvalue weighted by Gasteiger charge is -2.10. The van der Waals surface area contributed by atoms with E-state index in [2.05, 4.69) is 10.1 Å². The minimum Gasteiger partial charge on any atom is -0.386 e. The Morgan fingerprint density at radius 1 is 1.41 bits per heavy atom. The van der Waals surface area contributed by atoms with E-state index in [9.17, 15) is 15.2 Å². The molecule has 1 aromatic heterocycles. The molecule has 0 saturated carbocycles. The van der Waals surface area contributed by atoms with Crippen molar-refractivity contribution < 1.29 is 10.0 Å². The minimum absolute atomic E-state index is 0.00158. The highest BCUT2D eigenvalue weighted by molar-refractivity contribution is 5.33. The summed E-state index contributed by atoms with van der Waals surface area (Å²) in [4.78, 5) is 13.7. The molecule has 2 rings (SSSR count). The standard InChI is InChI=1S/C10H10N4O3/c15-10(5-13-7-11-6-12-13)8-1-3-9(4-2-8)14(16)17/h1-4,6-7,10,15H,5H2/t10-/m0/s1. The summed E-state index contributed by atoms with van der Waals surface area (Å²) < 4.78 is 1.49. The number of aliphatic hydroxyl groups excluding tert-OH is 1. The Kier molecular flexibility index (Phi) is 3.10. The second kappa shape index (κ2) is 4.71. The number of hydrogen-bond acceptors (Lipinski definition) is 5. The second-order valence-electron chi connectivity index (χ2n) is 3.48. The number of benzene rings is 1. The van der Waals surface area contributed by atoms with Crippen molar-refractivity contribution in [2.75, 3.05) is 0 Å². The first-order valence-electron chi connectivity index (χ1n) is 4.91. The molecule has 0 saturated heterocycles. The largest absolute Gasteiger partial charge is 0.386 e. The zero-order chi connectivity index (χ0) is 12.3. The Hall–Kier alpha value is -2.28. The van der Waals surface area contributed by atoms with Crippen molar-refractivity contribution in [3.8, 4) is 0 Å². The molecule has 0 bridgehead atoms. The molecule has 7 heteroatoms. The van der Waals surface area contributed by atoms with E-state index in [-0.39, 0.29) is 12.2 Å². The summed E-state index contributed by atoms with van der Waals surface area (Å²) in [5.41, 5.74) is 0.604. The monoisotopic (exact) mass is 234 g/mol. The molecule has 17 heavy (non-hydrogen) atoms. The van der Waals surface area contributed by atoms with E-state index in [4.69, 9.17) is 0 Å². The Balaban J connectivity index is 2.09. The zero-order valence-corrected chi connectivity index (χ0v) is 8.80. The summed E-state index contributed by atoms with van der Waals surface area (Å²) in [6, 6.07) is 5.78. The molecule has 1 heterocycles. The molecule has 0 radical (unpaired) electrons. The summed E-state index contributed by atoms with van der Waals surface area (Å²) >= 11 is 0. The molecular weight excluding hydrogens is 224 g/mol. The third kappa shape index (κ3) is 2.64. The van der Waals surface area contributed by atoms with Crippen molar-refractivity contribution in [3.63, 3.8) is 0 Å². The SMILES string of the molecule is O=[N+]([O-])c1ccc([C@@H](O)Cn2cncn2)cc1. The molecule has 0 aliphatic carbocycles. The van der Waals surface area contributed by atoms with E-state index in [1.165, 1.54) is 41.6 Å². The summed E-state index contributed by atoms with van der Waals surface area (Å²) in [7, 11) is 0. The number of hydrogen-bond donors (Lipinski definition) is 1. The Labute approximate surface area is 96.5 Å². The van der Waals surface area contributed by atoms with Crippen LogP contribution in [0.1, 0.15) is 11.7 Å². The van der Waals surface area contributed by atoms with E-state index in [0.717, 1.165) is 0 Å². The molecular formula is C10H10N4O3. The molecule has 0 amide bonds. The van der Waals surface area contributed by atoms with Crippen LogP contribution in [0.15, 0.2) is 36.9 Å². The minimum atomic E-state index is -0.766. The zero-order valence-electron chi connectivity index (χ0n) is 8.80. The van der Waals surface area contributed by atoms with E-state index in [0.29, 0.717) is 5.56 Å². The summed E-state index contributed by atoms with van der Waals surface area (Å²) in [6.45, 7) is 0.262. The molecule has 1 N–H and O–H groups in total. The van der Waals surface area contributed by atoms with Crippen LogP contribution >= 0.6 is 0 Å². The molecule has 1 atom stereocenters. The molecule has 7 nitrogen and oxygen atoms in total. The van der Waals surface area contributed by atoms with Crippen LogP contribution < -0.4 is 0 Å². The highest BCUT2D eigenvalue weighted by Crippen LogP contribution is 2.18. The Morgan fingerprint density at radius 2 is 2.12 bits per heavy atom.